The molecule has 0 spiro atoms. The highest BCUT2D eigenvalue weighted by molar-refractivity contribution is 6.06. The number of aryl methyl sites for hydroxylation is 2. The van der Waals surface area contributed by atoms with Gasteiger partial charge in [0.1, 0.15) is 0 Å². The van der Waals surface area contributed by atoms with Crippen molar-refractivity contribution in [2.24, 2.45) is 7.05 Å². The summed E-state index contributed by atoms with van der Waals surface area (Å²) in [7, 11) is 5.63. The van der Waals surface area contributed by atoms with Gasteiger partial charge in [0.25, 0.3) is 5.91 Å². The van der Waals surface area contributed by atoms with E-state index in [4.69, 9.17) is 9.72 Å². The highest BCUT2D eigenvalue weighted by atomic mass is 16.5. The molecule has 1 saturated heterocycles. The van der Waals surface area contributed by atoms with Crippen molar-refractivity contribution in [3.05, 3.63) is 53.6 Å². The SMILES string of the molecule is COc1cc(NC(=O)c2ccc3c(C)nn(C)c3c2)cn2cc(C3CCCN3C)nc12. The number of nitrogens with zero attached hydrogens (tertiary/aromatic N) is 5. The molecule has 8 heteroatoms. The van der Waals surface area contributed by atoms with Gasteiger partial charge in [0, 0.05) is 36.5 Å². The smallest absolute Gasteiger partial charge is 0.255 e. The molecule has 3 aromatic heterocycles. The average Bonchev–Trinajstić information content (AvgIpc) is 3.44. The number of benzene rings is 1. The van der Waals surface area contributed by atoms with Crippen LogP contribution >= 0.6 is 0 Å². The molecule has 1 aromatic carbocycles. The molecule has 5 rings (SSSR count). The van der Waals surface area contributed by atoms with Crippen molar-refractivity contribution in [1.29, 1.82) is 0 Å². The zero-order chi connectivity index (χ0) is 21.7. The molecule has 1 aliphatic heterocycles. The molecule has 1 N–H and O–H groups in total. The number of carbonyl (C=O) groups excluding carboxylic acids is 1. The molecule has 0 aliphatic carbocycles. The number of hydrogen-bond acceptors (Lipinski definition) is 5. The fourth-order valence-electron chi connectivity index (χ4n) is 4.53. The number of anilines is 1. The monoisotopic (exact) mass is 418 g/mol. The van der Waals surface area contributed by atoms with Crippen LogP contribution in [-0.4, -0.2) is 50.7 Å². The molecule has 0 saturated carbocycles. The Bertz CT molecular complexity index is 1300. The lowest BCUT2D eigenvalue weighted by Gasteiger charge is -2.16. The van der Waals surface area contributed by atoms with E-state index >= 15 is 0 Å². The quantitative estimate of drug-likeness (QED) is 0.548. The maximum atomic E-state index is 13.0. The highest BCUT2D eigenvalue weighted by Gasteiger charge is 2.25. The maximum Gasteiger partial charge on any atom is 0.255 e. The zero-order valence-corrected chi connectivity index (χ0v) is 18.2. The lowest BCUT2D eigenvalue weighted by atomic mass is 10.1. The van der Waals surface area contributed by atoms with Gasteiger partial charge in [-0.25, -0.2) is 4.98 Å². The van der Waals surface area contributed by atoms with Crippen LogP contribution in [0, 0.1) is 6.92 Å². The Hall–Kier alpha value is -3.39. The van der Waals surface area contributed by atoms with Crippen LogP contribution in [0.2, 0.25) is 0 Å². The van der Waals surface area contributed by atoms with Gasteiger partial charge in [0.2, 0.25) is 0 Å². The summed E-state index contributed by atoms with van der Waals surface area (Å²) in [4.78, 5) is 20.1. The number of methoxy groups -OCH3 is 1. The van der Waals surface area contributed by atoms with Gasteiger partial charge in [-0.3, -0.25) is 14.4 Å². The van der Waals surface area contributed by atoms with Crippen LogP contribution in [0.25, 0.3) is 16.6 Å². The lowest BCUT2D eigenvalue weighted by Crippen LogP contribution is -2.17. The third-order valence-corrected chi connectivity index (χ3v) is 6.17. The van der Waals surface area contributed by atoms with Gasteiger partial charge < -0.3 is 14.5 Å². The Morgan fingerprint density at radius 1 is 1.23 bits per heavy atom. The summed E-state index contributed by atoms with van der Waals surface area (Å²) >= 11 is 0. The largest absolute Gasteiger partial charge is 0.493 e. The van der Waals surface area contributed by atoms with Crippen LogP contribution in [0.15, 0.2) is 36.7 Å². The number of rotatable bonds is 4. The van der Waals surface area contributed by atoms with Crippen LogP contribution in [-0.2, 0) is 7.05 Å². The van der Waals surface area contributed by atoms with Crippen LogP contribution in [0.1, 0.15) is 40.6 Å². The number of hydrogen-bond donors (Lipinski definition) is 1. The topological polar surface area (TPSA) is 76.7 Å². The Morgan fingerprint density at radius 2 is 2.06 bits per heavy atom. The summed E-state index contributed by atoms with van der Waals surface area (Å²) in [5.74, 6) is 0.445. The van der Waals surface area contributed by atoms with Crippen LogP contribution in [0.5, 0.6) is 5.75 Å². The first-order chi connectivity index (χ1) is 14.9. The standard InChI is InChI=1S/C23H26N6O2/c1-14-17-8-7-15(10-20(17)28(3)26-14)23(30)24-16-11-21(31-4)22-25-18(13-29(22)12-16)19-6-5-9-27(19)2/h7-8,10-13,19H,5-6,9H2,1-4H3,(H,24,30). The van der Waals surface area contributed by atoms with E-state index in [1.54, 1.807) is 11.8 Å². The van der Waals surface area contributed by atoms with E-state index in [-0.39, 0.29) is 5.91 Å². The first-order valence-electron chi connectivity index (χ1n) is 10.5. The van der Waals surface area contributed by atoms with Crippen molar-refractivity contribution in [3.8, 4) is 5.75 Å². The van der Waals surface area contributed by atoms with Crippen LogP contribution in [0.4, 0.5) is 5.69 Å². The van der Waals surface area contributed by atoms with Gasteiger partial charge in [-0.2, -0.15) is 5.10 Å². The molecule has 1 aliphatic rings. The minimum Gasteiger partial charge on any atom is -0.493 e. The second-order valence-corrected chi connectivity index (χ2v) is 8.23. The summed E-state index contributed by atoms with van der Waals surface area (Å²) in [5.41, 5.74) is 4.88. The molecular weight excluding hydrogens is 392 g/mol. The van der Waals surface area contributed by atoms with Crippen LogP contribution < -0.4 is 10.1 Å². The van der Waals surface area contributed by atoms with Gasteiger partial charge in [0.05, 0.1) is 35.7 Å². The maximum absolute atomic E-state index is 13.0. The van der Waals surface area contributed by atoms with E-state index in [9.17, 15) is 4.79 Å². The van der Waals surface area contributed by atoms with E-state index in [0.717, 1.165) is 40.9 Å². The summed E-state index contributed by atoms with van der Waals surface area (Å²) < 4.78 is 9.30. The number of fused-ring (bicyclic) bond motifs is 2. The van der Waals surface area contributed by atoms with Gasteiger partial charge in [-0.05, 0) is 45.5 Å². The summed E-state index contributed by atoms with van der Waals surface area (Å²) in [6, 6.07) is 7.77. The van der Waals surface area contributed by atoms with Gasteiger partial charge >= 0.3 is 0 Å². The number of aromatic nitrogens is 4. The zero-order valence-electron chi connectivity index (χ0n) is 18.2. The number of imidazole rings is 1. The third kappa shape index (κ3) is 3.33. The number of amides is 1. The van der Waals surface area contributed by atoms with E-state index in [2.05, 4.69) is 22.4 Å². The molecule has 1 fully saturated rings. The van der Waals surface area contributed by atoms with E-state index in [0.29, 0.717) is 23.0 Å². The Labute approximate surface area is 180 Å². The molecule has 1 atom stereocenters. The highest BCUT2D eigenvalue weighted by Crippen LogP contribution is 2.32. The summed E-state index contributed by atoms with van der Waals surface area (Å²) in [5, 5.41) is 8.47. The number of nitrogens with one attached hydrogen (secondary N) is 1. The molecule has 31 heavy (non-hydrogen) atoms. The van der Waals surface area contributed by atoms with Crippen molar-refractivity contribution in [2.75, 3.05) is 26.0 Å². The predicted molar refractivity (Wildman–Crippen MR) is 120 cm³/mol. The van der Waals surface area contributed by atoms with E-state index < -0.39 is 0 Å². The second kappa shape index (κ2) is 7.39. The average molecular weight is 419 g/mol. The minimum absolute atomic E-state index is 0.182. The van der Waals surface area contributed by atoms with Crippen molar-refractivity contribution >= 4 is 28.1 Å². The minimum atomic E-state index is -0.182. The first kappa shape index (κ1) is 19.6. The van der Waals surface area contributed by atoms with Crippen molar-refractivity contribution in [3.63, 3.8) is 0 Å². The second-order valence-electron chi connectivity index (χ2n) is 8.23. The third-order valence-electron chi connectivity index (χ3n) is 6.17. The molecular formula is C23H26N6O2. The molecule has 160 valence electrons. The molecule has 0 bridgehead atoms. The molecule has 8 nitrogen and oxygen atoms in total. The Balaban J connectivity index is 1.47. The van der Waals surface area contributed by atoms with Gasteiger partial charge in [-0.15, -0.1) is 0 Å². The van der Waals surface area contributed by atoms with Crippen LogP contribution in [0.3, 0.4) is 0 Å². The molecule has 0 radical (unpaired) electrons. The fraction of sp³-hybridized carbons (Fsp3) is 0.348. The molecule has 1 amide bonds. The number of carbonyl (C=O) groups is 1. The number of pyridine rings is 1. The van der Waals surface area contributed by atoms with E-state index in [1.165, 1.54) is 6.42 Å². The molecule has 4 aromatic rings. The summed E-state index contributed by atoms with van der Waals surface area (Å²) in [6.45, 7) is 3.05. The number of ether oxygens (including phenoxy) is 1. The Morgan fingerprint density at radius 3 is 2.81 bits per heavy atom. The van der Waals surface area contributed by atoms with Crippen molar-refractivity contribution in [1.82, 2.24) is 24.1 Å². The Kier molecular flexibility index (Phi) is 4.66. The number of likely N-dealkylation sites (tertiary alicyclic amines) is 1. The lowest BCUT2D eigenvalue weighted by molar-refractivity contribution is 0.102. The van der Waals surface area contributed by atoms with Gasteiger partial charge in [0.15, 0.2) is 11.4 Å². The molecule has 4 heterocycles. The van der Waals surface area contributed by atoms with Crippen molar-refractivity contribution < 1.29 is 9.53 Å². The van der Waals surface area contributed by atoms with Gasteiger partial charge in [-0.1, -0.05) is 6.07 Å². The normalized spacial score (nSPS) is 17.0. The van der Waals surface area contributed by atoms with E-state index in [1.807, 2.05) is 55.0 Å². The predicted octanol–water partition coefficient (Wildman–Crippen LogP) is 3.56. The summed E-state index contributed by atoms with van der Waals surface area (Å²) in [6.07, 6.45) is 6.19. The molecule has 1 unspecified atom stereocenters. The fourth-order valence-corrected chi connectivity index (χ4v) is 4.53. The first-order valence-corrected chi connectivity index (χ1v) is 10.5. The van der Waals surface area contributed by atoms with Crippen molar-refractivity contribution in [2.45, 2.75) is 25.8 Å².